The van der Waals surface area contributed by atoms with Crippen LogP contribution in [0.25, 0.3) is 6.08 Å². The molecule has 0 spiro atoms. The van der Waals surface area contributed by atoms with Gasteiger partial charge in [-0.1, -0.05) is 30.3 Å². The van der Waals surface area contributed by atoms with Crippen molar-refractivity contribution in [1.82, 2.24) is 10.3 Å². The molecule has 1 heterocycles. The van der Waals surface area contributed by atoms with Gasteiger partial charge in [0.2, 0.25) is 0 Å². The number of aromatic nitrogens is 1. The van der Waals surface area contributed by atoms with Crippen molar-refractivity contribution >= 4 is 27.9 Å². The maximum absolute atomic E-state index is 12.4. The predicted octanol–water partition coefficient (Wildman–Crippen LogP) is 2.53. The minimum absolute atomic E-state index is 0.0582. The summed E-state index contributed by atoms with van der Waals surface area (Å²) in [4.78, 5) is 16.6. The smallest absolute Gasteiger partial charge is 0.262 e. The van der Waals surface area contributed by atoms with Crippen LogP contribution in [-0.4, -0.2) is 22.1 Å². The lowest BCUT2D eigenvalue weighted by Gasteiger charge is -2.17. The number of carbonyl (C=O) groups excluding carboxylic acids is 1. The SMILES string of the molecule is N#CC(=Cc1cccc(Br)n1)C(=O)N[C@H]1c2ccccc2C[C@H]1O. The molecule has 0 fully saturated rings. The van der Waals surface area contributed by atoms with Gasteiger partial charge >= 0.3 is 0 Å². The van der Waals surface area contributed by atoms with Crippen molar-refractivity contribution in [1.29, 1.82) is 5.26 Å². The Bertz CT molecular complexity index is 857. The molecule has 1 aromatic carbocycles. The molecule has 0 radical (unpaired) electrons. The number of aliphatic hydroxyl groups is 1. The summed E-state index contributed by atoms with van der Waals surface area (Å²) in [7, 11) is 0. The molecule has 0 bridgehead atoms. The van der Waals surface area contributed by atoms with Crippen LogP contribution in [0, 0.1) is 11.3 Å². The van der Waals surface area contributed by atoms with Gasteiger partial charge in [-0.3, -0.25) is 4.79 Å². The summed E-state index contributed by atoms with van der Waals surface area (Å²) >= 11 is 3.25. The normalized spacial score (nSPS) is 19.5. The topological polar surface area (TPSA) is 86.0 Å². The number of hydrogen-bond acceptors (Lipinski definition) is 4. The van der Waals surface area contributed by atoms with E-state index in [0.29, 0.717) is 16.7 Å². The molecule has 120 valence electrons. The Balaban J connectivity index is 1.82. The number of halogens is 1. The maximum atomic E-state index is 12.4. The molecule has 2 atom stereocenters. The van der Waals surface area contributed by atoms with Gasteiger partial charge in [-0.15, -0.1) is 0 Å². The van der Waals surface area contributed by atoms with Crippen LogP contribution in [0.1, 0.15) is 22.9 Å². The Morgan fingerprint density at radius 3 is 2.88 bits per heavy atom. The first-order chi connectivity index (χ1) is 11.6. The molecule has 1 amide bonds. The quantitative estimate of drug-likeness (QED) is 0.484. The van der Waals surface area contributed by atoms with E-state index in [9.17, 15) is 15.2 Å². The summed E-state index contributed by atoms with van der Waals surface area (Å²) in [5, 5.41) is 22.2. The summed E-state index contributed by atoms with van der Waals surface area (Å²) in [5.41, 5.74) is 2.34. The van der Waals surface area contributed by atoms with E-state index < -0.39 is 18.1 Å². The highest BCUT2D eigenvalue weighted by Crippen LogP contribution is 2.31. The molecule has 1 aliphatic rings. The number of amides is 1. The lowest BCUT2D eigenvalue weighted by molar-refractivity contribution is -0.118. The average Bonchev–Trinajstić information content (AvgIpc) is 2.88. The first-order valence-corrected chi connectivity index (χ1v) is 8.19. The van der Waals surface area contributed by atoms with Gasteiger partial charge in [0.1, 0.15) is 16.2 Å². The zero-order chi connectivity index (χ0) is 17.1. The highest BCUT2D eigenvalue weighted by atomic mass is 79.9. The molecule has 0 unspecified atom stereocenters. The second-order valence-electron chi connectivity index (χ2n) is 5.48. The Labute approximate surface area is 147 Å². The minimum atomic E-state index is -0.699. The average molecular weight is 384 g/mol. The Morgan fingerprint density at radius 2 is 2.12 bits per heavy atom. The zero-order valence-electron chi connectivity index (χ0n) is 12.6. The number of nitriles is 1. The van der Waals surface area contributed by atoms with E-state index >= 15 is 0 Å². The van der Waals surface area contributed by atoms with Gasteiger partial charge in [-0.05, 0) is 45.3 Å². The summed E-state index contributed by atoms with van der Waals surface area (Å²) in [5.74, 6) is -0.528. The number of rotatable bonds is 3. The molecule has 1 aromatic heterocycles. The number of pyridine rings is 1. The number of nitrogens with one attached hydrogen (secondary N) is 1. The number of nitrogens with zero attached hydrogens (tertiary/aromatic N) is 2. The predicted molar refractivity (Wildman–Crippen MR) is 92.6 cm³/mol. The second-order valence-corrected chi connectivity index (χ2v) is 6.29. The highest BCUT2D eigenvalue weighted by Gasteiger charge is 2.32. The van der Waals surface area contributed by atoms with Crippen molar-refractivity contribution in [3.8, 4) is 6.07 Å². The van der Waals surface area contributed by atoms with Crippen LogP contribution in [0.15, 0.2) is 52.6 Å². The largest absolute Gasteiger partial charge is 0.390 e. The molecule has 5 nitrogen and oxygen atoms in total. The number of aliphatic hydroxyl groups excluding tert-OH is 1. The van der Waals surface area contributed by atoms with Crippen LogP contribution >= 0.6 is 15.9 Å². The van der Waals surface area contributed by atoms with Crippen LogP contribution in [0.2, 0.25) is 0 Å². The summed E-state index contributed by atoms with van der Waals surface area (Å²) in [6.07, 6.45) is 1.21. The zero-order valence-corrected chi connectivity index (χ0v) is 14.2. The van der Waals surface area contributed by atoms with Crippen LogP contribution in [-0.2, 0) is 11.2 Å². The third-order valence-corrected chi connectivity index (χ3v) is 4.33. The van der Waals surface area contributed by atoms with Gasteiger partial charge in [0.25, 0.3) is 5.91 Å². The van der Waals surface area contributed by atoms with Gasteiger partial charge in [0.15, 0.2) is 0 Å². The van der Waals surface area contributed by atoms with E-state index in [4.69, 9.17) is 0 Å². The minimum Gasteiger partial charge on any atom is -0.390 e. The first-order valence-electron chi connectivity index (χ1n) is 7.39. The standard InChI is InChI=1S/C18H14BrN3O2/c19-16-7-3-5-13(21-16)8-12(10-20)18(24)22-17-14-6-2-1-4-11(14)9-15(17)23/h1-8,15,17,23H,9H2,(H,22,24)/t15-,17+/m1/s1. The number of fused-ring (bicyclic) bond motifs is 1. The van der Waals surface area contributed by atoms with Gasteiger partial charge in [-0.2, -0.15) is 5.26 Å². The first kappa shape index (κ1) is 16.4. The van der Waals surface area contributed by atoms with E-state index in [1.807, 2.05) is 30.3 Å². The molecule has 24 heavy (non-hydrogen) atoms. The van der Waals surface area contributed by atoms with E-state index in [0.717, 1.165) is 11.1 Å². The van der Waals surface area contributed by atoms with Crippen LogP contribution < -0.4 is 5.32 Å². The van der Waals surface area contributed by atoms with E-state index in [1.54, 1.807) is 18.2 Å². The molecule has 2 aromatic rings. The lowest BCUT2D eigenvalue weighted by atomic mass is 10.1. The highest BCUT2D eigenvalue weighted by molar-refractivity contribution is 9.10. The second kappa shape index (κ2) is 6.95. The Hall–Kier alpha value is -2.49. The molecule has 0 saturated heterocycles. The van der Waals surface area contributed by atoms with Gasteiger partial charge in [0.05, 0.1) is 17.8 Å². The van der Waals surface area contributed by atoms with Crippen molar-refractivity contribution in [2.75, 3.05) is 0 Å². The summed E-state index contributed by atoms with van der Waals surface area (Å²) in [6.45, 7) is 0. The van der Waals surface area contributed by atoms with Gasteiger partial charge < -0.3 is 10.4 Å². The molecule has 0 aliphatic heterocycles. The van der Waals surface area contributed by atoms with E-state index in [1.165, 1.54) is 6.08 Å². The van der Waals surface area contributed by atoms with E-state index in [2.05, 4.69) is 26.2 Å². The molecule has 2 N–H and O–H groups in total. The lowest BCUT2D eigenvalue weighted by Crippen LogP contribution is -2.34. The van der Waals surface area contributed by atoms with Crippen molar-refractivity contribution in [2.45, 2.75) is 18.6 Å². The molecule has 6 heteroatoms. The van der Waals surface area contributed by atoms with Crippen LogP contribution in [0.4, 0.5) is 0 Å². The Morgan fingerprint density at radius 1 is 1.33 bits per heavy atom. The van der Waals surface area contributed by atoms with E-state index in [-0.39, 0.29) is 5.57 Å². The Kier molecular flexibility index (Phi) is 4.74. The number of hydrogen-bond donors (Lipinski definition) is 2. The van der Waals surface area contributed by atoms with Crippen LogP contribution in [0.5, 0.6) is 0 Å². The molecular weight excluding hydrogens is 370 g/mol. The fraction of sp³-hybridized carbons (Fsp3) is 0.167. The van der Waals surface area contributed by atoms with Crippen molar-refractivity contribution in [3.05, 3.63) is 69.5 Å². The number of carbonyl (C=O) groups is 1. The van der Waals surface area contributed by atoms with Crippen molar-refractivity contribution < 1.29 is 9.90 Å². The van der Waals surface area contributed by atoms with Crippen molar-refractivity contribution in [3.63, 3.8) is 0 Å². The molecule has 0 saturated carbocycles. The van der Waals surface area contributed by atoms with Gasteiger partial charge in [0, 0.05) is 6.42 Å². The summed E-state index contributed by atoms with van der Waals surface area (Å²) < 4.78 is 0.620. The fourth-order valence-corrected chi connectivity index (χ4v) is 3.13. The fourth-order valence-electron chi connectivity index (χ4n) is 2.77. The van der Waals surface area contributed by atoms with Gasteiger partial charge in [-0.25, -0.2) is 4.98 Å². The third-order valence-electron chi connectivity index (χ3n) is 3.88. The molecular formula is C18H14BrN3O2. The maximum Gasteiger partial charge on any atom is 0.262 e. The summed E-state index contributed by atoms with van der Waals surface area (Å²) in [6, 6.07) is 14.2. The number of benzene rings is 1. The molecule has 3 rings (SSSR count). The van der Waals surface area contributed by atoms with Crippen LogP contribution in [0.3, 0.4) is 0 Å². The van der Waals surface area contributed by atoms with Crippen molar-refractivity contribution in [2.24, 2.45) is 0 Å². The third kappa shape index (κ3) is 3.37. The molecule has 1 aliphatic carbocycles. The monoisotopic (exact) mass is 383 g/mol.